The Hall–Kier alpha value is -5.55. The predicted octanol–water partition coefficient (Wildman–Crippen LogP) is 8.86. The summed E-state index contributed by atoms with van der Waals surface area (Å²) in [5, 5.41) is 9.92. The Bertz CT molecular complexity index is 1820. The van der Waals surface area contributed by atoms with Crippen LogP contribution in [-0.4, -0.2) is 25.3 Å². The van der Waals surface area contributed by atoms with Crippen LogP contribution in [0.5, 0.6) is 0 Å². The van der Waals surface area contributed by atoms with Crippen LogP contribution in [0.1, 0.15) is 30.9 Å². The van der Waals surface area contributed by atoms with Crippen molar-refractivity contribution in [2.24, 2.45) is 5.92 Å². The van der Waals surface area contributed by atoms with Gasteiger partial charge in [0.05, 0.1) is 22.8 Å². The van der Waals surface area contributed by atoms with E-state index >= 15 is 0 Å². The molecule has 6 aromatic rings. The van der Waals surface area contributed by atoms with E-state index in [2.05, 4.69) is 31.2 Å². The number of ketones is 1. The molecule has 4 aromatic carbocycles. The lowest BCUT2D eigenvalue weighted by Gasteiger charge is -2.22. The minimum Gasteiger partial charge on any atom is -0.289 e. The minimum atomic E-state index is 0.0843. The second kappa shape index (κ2) is 12.0. The van der Waals surface area contributed by atoms with Gasteiger partial charge in [-0.15, -0.1) is 0 Å². The molecule has 0 bridgehead atoms. The van der Waals surface area contributed by atoms with Crippen LogP contribution in [0.2, 0.25) is 0 Å². The third-order valence-electron chi connectivity index (χ3n) is 8.00. The quantitative estimate of drug-likeness (QED) is 0.187. The van der Waals surface area contributed by atoms with E-state index in [9.17, 15) is 4.79 Å². The van der Waals surface area contributed by atoms with Crippen LogP contribution in [0.4, 0.5) is 0 Å². The highest BCUT2D eigenvalue weighted by atomic mass is 16.1. The summed E-state index contributed by atoms with van der Waals surface area (Å²) in [6.07, 6.45) is 9.58. The lowest BCUT2D eigenvalue weighted by molar-refractivity contribution is -0.113. The van der Waals surface area contributed by atoms with Gasteiger partial charge in [0.2, 0.25) is 0 Å². The molecule has 5 nitrogen and oxygen atoms in total. The van der Waals surface area contributed by atoms with Crippen molar-refractivity contribution >= 4 is 17.9 Å². The van der Waals surface area contributed by atoms with Gasteiger partial charge in [0.25, 0.3) is 0 Å². The Morgan fingerprint density at radius 2 is 0.932 bits per heavy atom. The zero-order chi connectivity index (χ0) is 29.9. The summed E-state index contributed by atoms with van der Waals surface area (Å²) >= 11 is 0. The molecule has 5 heteroatoms. The van der Waals surface area contributed by atoms with Crippen LogP contribution in [0.25, 0.3) is 46.0 Å². The molecular weight excluding hydrogens is 540 g/mol. The SMILES string of the molecule is CC1C/C(=C\c2cn(-c3ccccc3)nc2-c2ccccc2)C(=O)/C(=C/c2cn(-c3ccccc3)nc2-c2ccccc2)C1. The van der Waals surface area contributed by atoms with Gasteiger partial charge in [-0.05, 0) is 55.2 Å². The summed E-state index contributed by atoms with van der Waals surface area (Å²) in [6, 6.07) is 40.5. The van der Waals surface area contributed by atoms with Crippen molar-refractivity contribution in [1.82, 2.24) is 19.6 Å². The lowest BCUT2D eigenvalue weighted by atomic mass is 9.80. The zero-order valence-corrected chi connectivity index (χ0v) is 24.5. The topological polar surface area (TPSA) is 52.7 Å². The molecule has 0 aliphatic heterocycles. The third-order valence-corrected chi connectivity index (χ3v) is 8.00. The third kappa shape index (κ3) is 5.60. The van der Waals surface area contributed by atoms with Crippen LogP contribution in [0, 0.1) is 5.92 Å². The van der Waals surface area contributed by atoms with Gasteiger partial charge in [-0.3, -0.25) is 4.79 Å². The molecule has 2 aromatic heterocycles. The molecule has 214 valence electrons. The molecule has 1 aliphatic rings. The number of aromatic nitrogens is 4. The smallest absolute Gasteiger partial charge is 0.185 e. The highest BCUT2D eigenvalue weighted by Gasteiger charge is 2.27. The molecule has 0 radical (unpaired) electrons. The molecule has 44 heavy (non-hydrogen) atoms. The number of benzene rings is 4. The van der Waals surface area contributed by atoms with Crippen LogP contribution >= 0.6 is 0 Å². The molecule has 0 saturated heterocycles. The van der Waals surface area contributed by atoms with Gasteiger partial charge < -0.3 is 0 Å². The molecule has 2 heterocycles. The molecule has 0 N–H and O–H groups in total. The molecule has 0 atom stereocenters. The second-order valence-electron chi connectivity index (χ2n) is 11.3. The van der Waals surface area contributed by atoms with Gasteiger partial charge in [0.1, 0.15) is 0 Å². The largest absolute Gasteiger partial charge is 0.289 e. The van der Waals surface area contributed by atoms with Gasteiger partial charge in [0.15, 0.2) is 5.78 Å². The Morgan fingerprint density at radius 1 is 0.568 bits per heavy atom. The molecule has 7 rings (SSSR count). The van der Waals surface area contributed by atoms with Crippen molar-refractivity contribution in [3.8, 4) is 33.9 Å². The number of carbonyl (C=O) groups excluding carboxylic acids is 1. The summed E-state index contributed by atoms with van der Waals surface area (Å²) in [5.74, 6) is 0.403. The highest BCUT2D eigenvalue weighted by Crippen LogP contribution is 2.35. The van der Waals surface area contributed by atoms with Crippen molar-refractivity contribution < 1.29 is 4.79 Å². The first kappa shape index (κ1) is 27.3. The monoisotopic (exact) mass is 572 g/mol. The van der Waals surface area contributed by atoms with E-state index in [1.165, 1.54) is 0 Å². The number of allylic oxidation sites excluding steroid dienone is 2. The van der Waals surface area contributed by atoms with Gasteiger partial charge >= 0.3 is 0 Å². The van der Waals surface area contributed by atoms with E-state index < -0.39 is 0 Å². The highest BCUT2D eigenvalue weighted by molar-refractivity contribution is 6.14. The number of rotatable bonds is 6. The van der Waals surface area contributed by atoms with Gasteiger partial charge in [-0.25, -0.2) is 9.36 Å². The van der Waals surface area contributed by atoms with Crippen molar-refractivity contribution in [2.75, 3.05) is 0 Å². The predicted molar refractivity (Wildman–Crippen MR) is 177 cm³/mol. The molecule has 0 unspecified atom stereocenters. The first-order valence-corrected chi connectivity index (χ1v) is 15.0. The first-order valence-electron chi connectivity index (χ1n) is 15.0. The molecule has 1 aliphatic carbocycles. The van der Waals surface area contributed by atoms with Crippen molar-refractivity contribution in [1.29, 1.82) is 0 Å². The maximum atomic E-state index is 14.1. The van der Waals surface area contributed by atoms with E-state index in [1.807, 2.05) is 131 Å². The minimum absolute atomic E-state index is 0.0843. The maximum Gasteiger partial charge on any atom is 0.185 e. The van der Waals surface area contributed by atoms with Crippen LogP contribution in [0.15, 0.2) is 145 Å². The van der Waals surface area contributed by atoms with Crippen LogP contribution < -0.4 is 0 Å². The van der Waals surface area contributed by atoms with E-state index in [1.54, 1.807) is 0 Å². The fourth-order valence-corrected chi connectivity index (χ4v) is 5.89. The van der Waals surface area contributed by atoms with E-state index in [0.717, 1.165) is 69.0 Å². The number of Topliss-reactive ketones (excluding diaryl/α,β-unsaturated/α-hetero) is 1. The van der Waals surface area contributed by atoms with Gasteiger partial charge in [-0.2, -0.15) is 10.2 Å². The number of nitrogens with zero attached hydrogens (tertiary/aromatic N) is 4. The van der Waals surface area contributed by atoms with E-state index in [-0.39, 0.29) is 5.78 Å². The van der Waals surface area contributed by atoms with E-state index in [0.29, 0.717) is 5.92 Å². The number of carbonyl (C=O) groups is 1. The summed E-state index contributed by atoms with van der Waals surface area (Å²) < 4.78 is 3.79. The van der Waals surface area contributed by atoms with Crippen molar-refractivity contribution in [2.45, 2.75) is 19.8 Å². The number of hydrogen-bond acceptors (Lipinski definition) is 3. The molecule has 1 saturated carbocycles. The number of hydrogen-bond donors (Lipinski definition) is 0. The molecular formula is C39H32N4O. The lowest BCUT2D eigenvalue weighted by Crippen LogP contribution is -2.18. The Labute approximate surface area is 257 Å². The van der Waals surface area contributed by atoms with Crippen molar-refractivity contribution in [3.63, 3.8) is 0 Å². The van der Waals surface area contributed by atoms with Crippen LogP contribution in [-0.2, 0) is 4.79 Å². The zero-order valence-electron chi connectivity index (χ0n) is 24.5. The summed E-state index contributed by atoms with van der Waals surface area (Å²) in [4.78, 5) is 14.1. The summed E-state index contributed by atoms with van der Waals surface area (Å²) in [7, 11) is 0. The fourth-order valence-electron chi connectivity index (χ4n) is 5.89. The first-order chi connectivity index (χ1) is 21.6. The van der Waals surface area contributed by atoms with Crippen molar-refractivity contribution in [3.05, 3.63) is 156 Å². The Balaban J connectivity index is 1.30. The summed E-state index contributed by atoms with van der Waals surface area (Å²) in [6.45, 7) is 2.21. The average molecular weight is 573 g/mol. The Kier molecular flexibility index (Phi) is 7.43. The fraction of sp³-hybridized carbons (Fsp3) is 0.103. The van der Waals surface area contributed by atoms with E-state index in [4.69, 9.17) is 10.2 Å². The Morgan fingerprint density at radius 3 is 1.32 bits per heavy atom. The normalized spacial score (nSPS) is 16.9. The number of para-hydroxylation sites is 2. The maximum absolute atomic E-state index is 14.1. The summed E-state index contributed by atoms with van der Waals surface area (Å²) in [5.41, 5.74) is 9.15. The van der Waals surface area contributed by atoms with Gasteiger partial charge in [0, 0.05) is 45.8 Å². The van der Waals surface area contributed by atoms with Gasteiger partial charge in [-0.1, -0.05) is 104 Å². The molecule has 0 amide bonds. The standard InChI is InChI=1S/C39H32N4O/c1-28-22-31(24-33-26-42(35-18-10-4-11-19-35)40-37(33)29-14-6-2-7-15-29)39(44)32(23-28)25-34-27-43(36-20-12-5-13-21-36)41-38(34)30-16-8-3-9-17-30/h2-21,24-28H,22-23H2,1H3/b31-24+,32-25+. The molecule has 1 fully saturated rings. The second-order valence-corrected chi connectivity index (χ2v) is 11.3. The molecule has 0 spiro atoms. The average Bonchev–Trinajstić information content (AvgIpc) is 3.70. The van der Waals surface area contributed by atoms with Crippen LogP contribution in [0.3, 0.4) is 0 Å².